The molecule has 0 bridgehead atoms. The fourth-order valence-electron chi connectivity index (χ4n) is 3.79. The number of nitrogens with one attached hydrogen (secondary N) is 1. The van der Waals surface area contributed by atoms with Crippen LogP contribution in [0.5, 0.6) is 0 Å². The Morgan fingerprint density at radius 2 is 1.68 bits per heavy atom. The van der Waals surface area contributed by atoms with Crippen LogP contribution in [0, 0.1) is 5.92 Å². The molecule has 1 aromatic rings. The highest BCUT2D eigenvalue weighted by Gasteiger charge is 2.25. The van der Waals surface area contributed by atoms with E-state index in [2.05, 4.69) is 34.5 Å². The zero-order chi connectivity index (χ0) is 16.1. The maximum Gasteiger partial charge on any atom is 0.220 e. The number of rotatable bonds is 6. The number of carbonyl (C=O) groups excluding carboxylic acids is 1. The molecule has 0 spiro atoms. The number of halogens is 2. The second-order valence-electron chi connectivity index (χ2n) is 7.14. The highest BCUT2D eigenvalue weighted by molar-refractivity contribution is 5.85. The normalized spacial score (nSPS) is 22.9. The van der Waals surface area contributed by atoms with Gasteiger partial charge in [0.1, 0.15) is 0 Å². The van der Waals surface area contributed by atoms with Crippen LogP contribution >= 0.6 is 24.8 Å². The molecule has 3 rings (SSSR count). The van der Waals surface area contributed by atoms with Crippen molar-refractivity contribution in [3.05, 3.63) is 35.4 Å². The van der Waals surface area contributed by atoms with Crippen LogP contribution < -0.4 is 11.1 Å². The average Bonchev–Trinajstić information content (AvgIpc) is 3.19. The highest BCUT2D eigenvalue weighted by Crippen LogP contribution is 2.26. The van der Waals surface area contributed by atoms with E-state index in [0.717, 1.165) is 25.8 Å². The van der Waals surface area contributed by atoms with Crippen molar-refractivity contribution in [2.45, 2.75) is 57.7 Å². The Hall–Kier alpha value is -0.810. The highest BCUT2D eigenvalue weighted by atomic mass is 35.5. The molecule has 25 heavy (non-hydrogen) atoms. The molecule has 1 aromatic carbocycles. The van der Waals surface area contributed by atoms with Gasteiger partial charge in [-0.3, -0.25) is 9.69 Å². The number of benzene rings is 1. The summed E-state index contributed by atoms with van der Waals surface area (Å²) in [6.45, 7) is 4.11. The van der Waals surface area contributed by atoms with Crippen molar-refractivity contribution in [3.63, 3.8) is 0 Å². The van der Waals surface area contributed by atoms with Crippen LogP contribution in [0.4, 0.5) is 0 Å². The molecule has 1 heterocycles. The van der Waals surface area contributed by atoms with Gasteiger partial charge in [0.05, 0.1) is 0 Å². The maximum absolute atomic E-state index is 12.0. The Morgan fingerprint density at radius 3 is 2.28 bits per heavy atom. The fraction of sp³-hybridized carbons (Fsp3) is 0.632. The summed E-state index contributed by atoms with van der Waals surface area (Å²) in [5.41, 5.74) is 8.56. The van der Waals surface area contributed by atoms with Crippen molar-refractivity contribution < 1.29 is 4.79 Å². The van der Waals surface area contributed by atoms with Crippen LogP contribution in [-0.2, 0) is 17.9 Å². The number of hydrogen-bond donors (Lipinski definition) is 2. The Balaban J connectivity index is 0.00000156. The summed E-state index contributed by atoms with van der Waals surface area (Å²) in [5, 5.41) is 3.03. The largest absolute Gasteiger partial charge is 0.352 e. The van der Waals surface area contributed by atoms with Crippen molar-refractivity contribution in [2.75, 3.05) is 13.1 Å². The smallest absolute Gasteiger partial charge is 0.220 e. The molecular formula is C19H31Cl2N3O. The first-order valence-corrected chi connectivity index (χ1v) is 9.03. The van der Waals surface area contributed by atoms with Crippen molar-refractivity contribution in [1.82, 2.24) is 10.2 Å². The summed E-state index contributed by atoms with van der Waals surface area (Å²) in [6, 6.07) is 8.85. The second-order valence-corrected chi connectivity index (χ2v) is 7.14. The van der Waals surface area contributed by atoms with Gasteiger partial charge in [-0.25, -0.2) is 0 Å². The van der Waals surface area contributed by atoms with E-state index in [4.69, 9.17) is 5.73 Å². The van der Waals surface area contributed by atoms with Gasteiger partial charge in [0.15, 0.2) is 0 Å². The zero-order valence-corrected chi connectivity index (χ0v) is 16.4. The molecule has 142 valence electrons. The minimum absolute atomic E-state index is 0. The van der Waals surface area contributed by atoms with Crippen LogP contribution in [0.2, 0.25) is 0 Å². The first kappa shape index (κ1) is 22.2. The molecule has 3 N–H and O–H groups in total. The van der Waals surface area contributed by atoms with Gasteiger partial charge < -0.3 is 11.1 Å². The van der Waals surface area contributed by atoms with Gasteiger partial charge in [-0.15, -0.1) is 24.8 Å². The number of nitrogens with two attached hydrogens (primary N) is 1. The molecule has 1 amide bonds. The first-order chi connectivity index (χ1) is 11.2. The van der Waals surface area contributed by atoms with Crippen LogP contribution in [0.1, 0.15) is 49.7 Å². The molecule has 0 radical (unpaired) electrons. The van der Waals surface area contributed by atoms with Gasteiger partial charge in [-0.2, -0.15) is 0 Å². The quantitative estimate of drug-likeness (QED) is 0.787. The summed E-state index contributed by atoms with van der Waals surface area (Å²) in [7, 11) is 0. The first-order valence-electron chi connectivity index (χ1n) is 9.03. The van der Waals surface area contributed by atoms with Gasteiger partial charge >= 0.3 is 0 Å². The molecule has 1 aliphatic carbocycles. The molecule has 0 unspecified atom stereocenters. The van der Waals surface area contributed by atoms with Crippen LogP contribution in [0.25, 0.3) is 0 Å². The van der Waals surface area contributed by atoms with Gasteiger partial charge in [-0.05, 0) is 55.8 Å². The summed E-state index contributed by atoms with van der Waals surface area (Å²) in [4.78, 5) is 14.5. The van der Waals surface area contributed by atoms with Crippen LogP contribution in [0.3, 0.4) is 0 Å². The van der Waals surface area contributed by atoms with E-state index in [1.54, 1.807) is 0 Å². The molecule has 4 nitrogen and oxygen atoms in total. The standard InChI is InChI=1S/C19H29N3O.2ClH/c20-18-5-3-4-17(18)12-19(23)21-13-15-6-8-16(9-7-15)14-22-10-1-2-11-22;;/h6-9,17-18H,1-5,10-14,20H2,(H,21,23);2*1H/t17-,18+;;/m0../s1. The summed E-state index contributed by atoms with van der Waals surface area (Å²) >= 11 is 0. The molecule has 1 aliphatic heterocycles. The average molecular weight is 388 g/mol. The third kappa shape index (κ3) is 6.78. The van der Waals surface area contributed by atoms with Gasteiger partial charge in [0.2, 0.25) is 5.91 Å². The van der Waals surface area contributed by atoms with Gasteiger partial charge in [0.25, 0.3) is 0 Å². The Bertz CT molecular complexity index is 518. The lowest BCUT2D eigenvalue weighted by Crippen LogP contribution is -2.31. The summed E-state index contributed by atoms with van der Waals surface area (Å²) in [5.74, 6) is 0.506. The SMILES string of the molecule is Cl.Cl.N[C@@H]1CCC[C@H]1CC(=O)NCc1ccc(CN2CCCC2)cc1. The van der Waals surface area contributed by atoms with E-state index in [9.17, 15) is 4.79 Å². The predicted octanol–water partition coefficient (Wildman–Crippen LogP) is 3.26. The third-order valence-corrected chi connectivity index (χ3v) is 5.28. The second kappa shape index (κ2) is 11.0. The lowest BCUT2D eigenvalue weighted by Gasteiger charge is -2.16. The number of carbonyl (C=O) groups is 1. The topological polar surface area (TPSA) is 58.4 Å². The summed E-state index contributed by atoms with van der Waals surface area (Å²) in [6.07, 6.45) is 6.56. The van der Waals surface area contributed by atoms with Gasteiger partial charge in [0, 0.05) is 25.6 Å². The van der Waals surface area contributed by atoms with Crippen molar-refractivity contribution in [1.29, 1.82) is 0 Å². The minimum atomic E-state index is 0. The van der Waals surface area contributed by atoms with Gasteiger partial charge in [-0.1, -0.05) is 30.7 Å². The molecule has 0 aromatic heterocycles. The van der Waals surface area contributed by atoms with Crippen molar-refractivity contribution >= 4 is 30.7 Å². The Kier molecular flexibility index (Phi) is 9.80. The van der Waals surface area contributed by atoms with Crippen molar-refractivity contribution in [2.24, 2.45) is 11.7 Å². The van der Waals surface area contributed by atoms with Crippen molar-refractivity contribution in [3.8, 4) is 0 Å². The predicted molar refractivity (Wildman–Crippen MR) is 107 cm³/mol. The molecule has 2 fully saturated rings. The zero-order valence-electron chi connectivity index (χ0n) is 14.8. The fourth-order valence-corrected chi connectivity index (χ4v) is 3.79. The van der Waals surface area contributed by atoms with E-state index >= 15 is 0 Å². The number of nitrogens with zero attached hydrogens (tertiary/aromatic N) is 1. The van der Waals surface area contributed by atoms with E-state index in [0.29, 0.717) is 18.9 Å². The Morgan fingerprint density at radius 1 is 1.04 bits per heavy atom. The minimum Gasteiger partial charge on any atom is -0.352 e. The molecule has 2 atom stereocenters. The van der Waals surface area contributed by atoms with Crippen LogP contribution in [-0.4, -0.2) is 29.9 Å². The molecule has 2 aliphatic rings. The Labute approximate surface area is 163 Å². The van der Waals surface area contributed by atoms with E-state index in [1.165, 1.54) is 37.1 Å². The number of amides is 1. The third-order valence-electron chi connectivity index (χ3n) is 5.28. The van der Waals surface area contributed by atoms with E-state index < -0.39 is 0 Å². The molecular weight excluding hydrogens is 357 g/mol. The number of likely N-dealkylation sites (tertiary alicyclic amines) is 1. The maximum atomic E-state index is 12.0. The summed E-state index contributed by atoms with van der Waals surface area (Å²) < 4.78 is 0. The lowest BCUT2D eigenvalue weighted by atomic mass is 10.00. The molecule has 1 saturated carbocycles. The molecule has 6 heteroatoms. The monoisotopic (exact) mass is 387 g/mol. The molecule has 1 saturated heterocycles. The van der Waals surface area contributed by atoms with E-state index in [1.807, 2.05) is 0 Å². The number of hydrogen-bond acceptors (Lipinski definition) is 3. The lowest BCUT2D eigenvalue weighted by molar-refractivity contribution is -0.122. The van der Waals surface area contributed by atoms with Crippen LogP contribution in [0.15, 0.2) is 24.3 Å². The van der Waals surface area contributed by atoms with E-state index in [-0.39, 0.29) is 36.8 Å².